The van der Waals surface area contributed by atoms with Gasteiger partial charge in [-0.05, 0) is 24.3 Å². The minimum atomic E-state index is -4.09. The summed E-state index contributed by atoms with van der Waals surface area (Å²) in [6, 6.07) is 3.81. The second kappa shape index (κ2) is 4.02. The van der Waals surface area contributed by atoms with Crippen LogP contribution in [0, 0.1) is 5.82 Å². The second-order valence-electron chi connectivity index (χ2n) is 2.61. The molecule has 0 aliphatic heterocycles. The van der Waals surface area contributed by atoms with Crippen molar-refractivity contribution >= 4 is 9.84 Å². The molecule has 3 nitrogen and oxygen atoms in total. The van der Waals surface area contributed by atoms with E-state index >= 15 is 0 Å². The first-order valence-corrected chi connectivity index (χ1v) is 5.26. The number of halogens is 2. The van der Waals surface area contributed by atoms with Crippen LogP contribution in [0.4, 0.5) is 8.78 Å². The Hall–Kier alpha value is -1.01. The topological polar surface area (TPSA) is 54.4 Å². The molecule has 1 N–H and O–H groups in total. The Morgan fingerprint density at radius 1 is 1.29 bits per heavy atom. The largest absolute Gasteiger partial charge is 0.375 e. The molecule has 78 valence electrons. The highest BCUT2D eigenvalue weighted by atomic mass is 32.2. The third-order valence-electron chi connectivity index (χ3n) is 1.63. The maximum Gasteiger partial charge on any atom is 0.207 e. The van der Waals surface area contributed by atoms with E-state index < -0.39 is 27.8 Å². The molecule has 1 unspecified atom stereocenters. The lowest BCUT2D eigenvalue weighted by Crippen LogP contribution is -2.22. The number of rotatable bonds is 3. The molecule has 0 bridgehead atoms. The summed E-state index contributed by atoms with van der Waals surface area (Å²) in [5.74, 6) is -0.598. The first-order valence-electron chi connectivity index (χ1n) is 3.72. The van der Waals surface area contributed by atoms with E-state index in [2.05, 4.69) is 0 Å². The molecular formula is C8H8F2O3S. The average Bonchev–Trinajstić information content (AvgIpc) is 2.17. The monoisotopic (exact) mass is 222 g/mol. The highest BCUT2D eigenvalue weighted by molar-refractivity contribution is 7.91. The van der Waals surface area contributed by atoms with Crippen molar-refractivity contribution in [2.75, 3.05) is 6.67 Å². The van der Waals surface area contributed by atoms with E-state index in [0.29, 0.717) is 0 Å². The van der Waals surface area contributed by atoms with Gasteiger partial charge in [0, 0.05) is 0 Å². The van der Waals surface area contributed by atoms with E-state index in [1.54, 1.807) is 0 Å². The number of hydrogen-bond donors (Lipinski definition) is 1. The van der Waals surface area contributed by atoms with Crippen LogP contribution in [-0.4, -0.2) is 25.6 Å². The van der Waals surface area contributed by atoms with Crippen LogP contribution in [0.5, 0.6) is 0 Å². The lowest BCUT2D eigenvalue weighted by atomic mass is 10.4. The van der Waals surface area contributed by atoms with E-state index in [0.717, 1.165) is 24.3 Å². The van der Waals surface area contributed by atoms with Crippen molar-refractivity contribution in [3.63, 3.8) is 0 Å². The van der Waals surface area contributed by atoms with Gasteiger partial charge in [0.05, 0.1) is 4.90 Å². The second-order valence-corrected chi connectivity index (χ2v) is 4.71. The number of aliphatic hydroxyl groups excluding tert-OH is 1. The van der Waals surface area contributed by atoms with Crippen LogP contribution in [0.2, 0.25) is 0 Å². The summed E-state index contributed by atoms with van der Waals surface area (Å²) in [4.78, 5) is -0.302. The van der Waals surface area contributed by atoms with Crippen LogP contribution in [0.1, 0.15) is 0 Å². The zero-order valence-electron chi connectivity index (χ0n) is 7.02. The van der Waals surface area contributed by atoms with Crippen molar-refractivity contribution in [3.8, 4) is 0 Å². The summed E-state index contributed by atoms with van der Waals surface area (Å²) in [6.45, 7) is -1.39. The molecule has 0 radical (unpaired) electrons. The lowest BCUT2D eigenvalue weighted by Gasteiger charge is -2.07. The van der Waals surface area contributed by atoms with Gasteiger partial charge in [0.2, 0.25) is 9.84 Å². The van der Waals surface area contributed by atoms with Crippen molar-refractivity contribution in [3.05, 3.63) is 30.1 Å². The van der Waals surface area contributed by atoms with Gasteiger partial charge in [-0.2, -0.15) is 0 Å². The van der Waals surface area contributed by atoms with E-state index in [4.69, 9.17) is 5.11 Å². The number of benzene rings is 1. The molecular weight excluding hydrogens is 214 g/mol. The molecule has 1 aromatic carbocycles. The third kappa shape index (κ3) is 2.08. The van der Waals surface area contributed by atoms with Crippen LogP contribution in [0.3, 0.4) is 0 Å². The molecule has 0 aliphatic carbocycles. The molecule has 0 aliphatic rings. The van der Waals surface area contributed by atoms with Crippen molar-refractivity contribution in [2.45, 2.75) is 10.3 Å². The van der Waals surface area contributed by atoms with Gasteiger partial charge in [0.25, 0.3) is 0 Å². The quantitative estimate of drug-likeness (QED) is 0.772. The van der Waals surface area contributed by atoms with Gasteiger partial charge in [0.15, 0.2) is 5.44 Å². The molecule has 0 saturated heterocycles. The lowest BCUT2D eigenvalue weighted by molar-refractivity contribution is 0.208. The van der Waals surface area contributed by atoms with E-state index in [1.807, 2.05) is 0 Å². The summed E-state index contributed by atoms with van der Waals surface area (Å²) in [7, 11) is -4.09. The van der Waals surface area contributed by atoms with Gasteiger partial charge in [-0.1, -0.05) is 0 Å². The third-order valence-corrected chi connectivity index (χ3v) is 3.40. The van der Waals surface area contributed by atoms with Crippen LogP contribution < -0.4 is 0 Å². The van der Waals surface area contributed by atoms with E-state index in [1.165, 1.54) is 0 Å². The first-order chi connectivity index (χ1) is 6.48. The highest BCUT2D eigenvalue weighted by Gasteiger charge is 2.24. The molecule has 1 rings (SSSR count). The maximum atomic E-state index is 12.4. The summed E-state index contributed by atoms with van der Waals surface area (Å²) in [5.41, 5.74) is -2.09. The minimum absolute atomic E-state index is 0.302. The number of aliphatic hydroxyl groups is 1. The molecule has 0 saturated carbocycles. The molecule has 0 amide bonds. The maximum absolute atomic E-state index is 12.4. The molecule has 14 heavy (non-hydrogen) atoms. The van der Waals surface area contributed by atoms with E-state index in [-0.39, 0.29) is 4.90 Å². The van der Waals surface area contributed by atoms with Crippen molar-refractivity contribution in [1.82, 2.24) is 0 Å². The zero-order valence-corrected chi connectivity index (χ0v) is 7.84. The Kier molecular flexibility index (Phi) is 3.17. The number of alkyl halides is 1. The predicted molar refractivity (Wildman–Crippen MR) is 45.6 cm³/mol. The normalized spacial score (nSPS) is 13.9. The van der Waals surface area contributed by atoms with Gasteiger partial charge < -0.3 is 5.11 Å². The predicted octanol–water partition coefficient (Wildman–Crippen LogP) is 0.887. The molecule has 1 atom stereocenters. The Bertz CT molecular complexity index is 399. The van der Waals surface area contributed by atoms with Gasteiger partial charge in [-0.15, -0.1) is 0 Å². The summed E-state index contributed by atoms with van der Waals surface area (Å²) < 4.78 is 46.9. The fraction of sp³-hybridized carbons (Fsp3) is 0.250. The molecule has 6 heteroatoms. The van der Waals surface area contributed by atoms with Gasteiger partial charge in [0.1, 0.15) is 12.5 Å². The van der Waals surface area contributed by atoms with Crippen LogP contribution >= 0.6 is 0 Å². The first kappa shape index (κ1) is 11.1. The van der Waals surface area contributed by atoms with Gasteiger partial charge in [-0.25, -0.2) is 17.2 Å². The van der Waals surface area contributed by atoms with Crippen molar-refractivity contribution in [2.24, 2.45) is 0 Å². The molecule has 0 fully saturated rings. The van der Waals surface area contributed by atoms with Crippen LogP contribution in [0.25, 0.3) is 0 Å². The van der Waals surface area contributed by atoms with Crippen molar-refractivity contribution in [1.29, 1.82) is 0 Å². The fourth-order valence-electron chi connectivity index (χ4n) is 0.864. The number of hydrogen-bond acceptors (Lipinski definition) is 3. The molecule has 0 aromatic heterocycles. The van der Waals surface area contributed by atoms with Crippen molar-refractivity contribution < 1.29 is 22.3 Å². The standard InChI is InChI=1S/C8H8F2O3S/c9-5-8(11)14(12,13)7-3-1-6(10)2-4-7/h1-4,8,11H,5H2. The van der Waals surface area contributed by atoms with E-state index in [9.17, 15) is 17.2 Å². The average molecular weight is 222 g/mol. The van der Waals surface area contributed by atoms with Gasteiger partial charge >= 0.3 is 0 Å². The Balaban J connectivity index is 3.11. The zero-order chi connectivity index (χ0) is 10.8. The van der Waals surface area contributed by atoms with Crippen LogP contribution in [0.15, 0.2) is 29.2 Å². The fourth-order valence-corrected chi connectivity index (χ4v) is 1.86. The Morgan fingerprint density at radius 3 is 2.21 bits per heavy atom. The molecule has 0 heterocycles. The smallest absolute Gasteiger partial charge is 0.207 e. The summed E-state index contributed by atoms with van der Waals surface area (Å²) in [5, 5.41) is 8.85. The molecule has 1 aromatic rings. The molecule has 0 spiro atoms. The Morgan fingerprint density at radius 2 is 1.79 bits per heavy atom. The van der Waals surface area contributed by atoms with Gasteiger partial charge in [-0.3, -0.25) is 0 Å². The Labute approximate surface area is 79.9 Å². The minimum Gasteiger partial charge on any atom is -0.375 e. The van der Waals surface area contributed by atoms with Crippen LogP contribution in [-0.2, 0) is 9.84 Å². The summed E-state index contributed by atoms with van der Waals surface area (Å²) >= 11 is 0. The summed E-state index contributed by atoms with van der Waals surface area (Å²) in [6.07, 6.45) is 0. The highest BCUT2D eigenvalue weighted by Crippen LogP contribution is 2.15. The number of sulfone groups is 1. The SMILES string of the molecule is O=S(=O)(c1ccc(F)cc1)C(O)CF.